The van der Waals surface area contributed by atoms with Crippen LogP contribution < -0.4 is 49.9 Å². The van der Waals surface area contributed by atoms with E-state index in [1.807, 2.05) is 0 Å². The number of nitrogens with two attached hydrogens (primary N) is 5. The Morgan fingerprint density at radius 3 is 1.94 bits per heavy atom. The molecule has 0 aliphatic heterocycles. The Labute approximate surface area is 278 Å². The van der Waals surface area contributed by atoms with Gasteiger partial charge < -0.3 is 55.1 Å². The van der Waals surface area contributed by atoms with E-state index in [4.69, 9.17) is 33.9 Å². The first kappa shape index (κ1) is 38.3. The Morgan fingerprint density at radius 1 is 0.771 bits per heavy atom. The Bertz CT molecular complexity index is 1480. The van der Waals surface area contributed by atoms with E-state index in [0.717, 1.165) is 5.56 Å². The SMILES string of the molecule is CC(=O)N[C@@H](CCCN=C(N)N)C(=O)N[C@H](C(=O)N[C@@H](Cc1ccc(N=C(N)N)cc1)C(=O)NCc1ccc(/C(N)=N/O)cc1)C(C)C. The summed E-state index contributed by atoms with van der Waals surface area (Å²) >= 11 is 0. The first-order chi connectivity index (χ1) is 22.7. The van der Waals surface area contributed by atoms with Gasteiger partial charge in [-0.05, 0) is 42.0 Å². The van der Waals surface area contributed by atoms with Crippen molar-refractivity contribution in [1.29, 1.82) is 0 Å². The number of oxime groups is 1. The molecule has 0 aromatic heterocycles. The topological polar surface area (TPSA) is 304 Å². The highest BCUT2D eigenvalue weighted by Crippen LogP contribution is 2.15. The summed E-state index contributed by atoms with van der Waals surface area (Å²) in [5.74, 6) is -2.72. The molecular formula is C31H46N12O5. The van der Waals surface area contributed by atoms with Crippen molar-refractivity contribution in [3.05, 3.63) is 65.2 Å². The minimum Gasteiger partial charge on any atom is -0.409 e. The average Bonchev–Trinajstić information content (AvgIpc) is 3.03. The monoisotopic (exact) mass is 666 g/mol. The summed E-state index contributed by atoms with van der Waals surface area (Å²) in [6, 6.07) is 10.4. The summed E-state index contributed by atoms with van der Waals surface area (Å²) in [7, 11) is 0. The van der Waals surface area contributed by atoms with Crippen LogP contribution in [0.25, 0.3) is 0 Å². The van der Waals surface area contributed by atoms with Crippen molar-refractivity contribution < 1.29 is 24.4 Å². The van der Waals surface area contributed by atoms with Gasteiger partial charge in [-0.25, -0.2) is 4.99 Å². The van der Waals surface area contributed by atoms with E-state index in [0.29, 0.717) is 23.2 Å². The normalized spacial score (nSPS) is 13.0. The van der Waals surface area contributed by atoms with Crippen LogP contribution in [0.5, 0.6) is 0 Å². The zero-order valence-corrected chi connectivity index (χ0v) is 27.3. The van der Waals surface area contributed by atoms with E-state index in [-0.39, 0.29) is 49.6 Å². The van der Waals surface area contributed by atoms with Crippen molar-refractivity contribution in [2.75, 3.05) is 6.54 Å². The molecule has 2 aromatic rings. The number of amides is 4. The fourth-order valence-corrected chi connectivity index (χ4v) is 4.53. The molecule has 48 heavy (non-hydrogen) atoms. The molecule has 17 heteroatoms. The molecule has 0 saturated carbocycles. The van der Waals surface area contributed by atoms with Crippen LogP contribution in [0.1, 0.15) is 50.3 Å². The van der Waals surface area contributed by atoms with Gasteiger partial charge >= 0.3 is 0 Å². The van der Waals surface area contributed by atoms with Gasteiger partial charge in [0.25, 0.3) is 0 Å². The smallest absolute Gasteiger partial charge is 0.243 e. The van der Waals surface area contributed by atoms with E-state index in [9.17, 15) is 19.2 Å². The second-order valence-electron chi connectivity index (χ2n) is 11.3. The number of carbonyl (C=O) groups is 4. The Hall–Kier alpha value is -5.87. The molecule has 0 unspecified atom stereocenters. The first-order valence-corrected chi connectivity index (χ1v) is 15.2. The molecule has 0 heterocycles. The lowest BCUT2D eigenvalue weighted by molar-refractivity contribution is -0.134. The summed E-state index contributed by atoms with van der Waals surface area (Å²) in [5, 5.41) is 22.8. The van der Waals surface area contributed by atoms with Crippen LogP contribution in [0.2, 0.25) is 0 Å². The highest BCUT2D eigenvalue weighted by atomic mass is 16.4. The van der Waals surface area contributed by atoms with Crippen LogP contribution in [-0.4, -0.2) is 71.3 Å². The van der Waals surface area contributed by atoms with Crippen LogP contribution in [0, 0.1) is 5.92 Å². The minimum absolute atomic E-state index is 0.0552. The van der Waals surface area contributed by atoms with Gasteiger partial charge in [0.1, 0.15) is 18.1 Å². The van der Waals surface area contributed by atoms with Crippen LogP contribution in [0.4, 0.5) is 5.69 Å². The van der Waals surface area contributed by atoms with Crippen LogP contribution in [-0.2, 0) is 32.1 Å². The lowest BCUT2D eigenvalue weighted by Gasteiger charge is -2.27. The number of amidine groups is 1. The molecule has 15 N–H and O–H groups in total. The molecule has 260 valence electrons. The van der Waals surface area contributed by atoms with Gasteiger partial charge in [-0.2, -0.15) is 0 Å². The Balaban J connectivity index is 2.26. The molecule has 3 atom stereocenters. The summed E-state index contributed by atoms with van der Waals surface area (Å²) in [4.78, 5) is 60.1. The lowest BCUT2D eigenvalue weighted by Crippen LogP contribution is -2.58. The largest absolute Gasteiger partial charge is 0.409 e. The Morgan fingerprint density at radius 2 is 1.40 bits per heavy atom. The van der Waals surface area contributed by atoms with Gasteiger partial charge in [-0.15, -0.1) is 0 Å². The number of nitrogens with zero attached hydrogens (tertiary/aromatic N) is 3. The summed E-state index contributed by atoms with van der Waals surface area (Å²) in [6.45, 7) is 5.13. The number of aliphatic imine (C=N–C) groups is 2. The second-order valence-corrected chi connectivity index (χ2v) is 11.3. The van der Waals surface area contributed by atoms with Crippen molar-refractivity contribution in [3.8, 4) is 0 Å². The molecule has 2 rings (SSSR count). The van der Waals surface area contributed by atoms with Crippen molar-refractivity contribution in [1.82, 2.24) is 21.3 Å². The predicted octanol–water partition coefficient (Wildman–Crippen LogP) is -1.27. The van der Waals surface area contributed by atoms with Crippen molar-refractivity contribution in [2.45, 2.75) is 64.7 Å². The van der Waals surface area contributed by atoms with E-state index in [2.05, 4.69) is 36.4 Å². The molecule has 17 nitrogen and oxygen atoms in total. The highest BCUT2D eigenvalue weighted by Gasteiger charge is 2.31. The number of guanidine groups is 2. The van der Waals surface area contributed by atoms with Crippen molar-refractivity contribution in [2.24, 2.45) is 49.7 Å². The summed E-state index contributed by atoms with van der Waals surface area (Å²) in [5.41, 5.74) is 29.7. The first-order valence-electron chi connectivity index (χ1n) is 15.2. The summed E-state index contributed by atoms with van der Waals surface area (Å²) in [6.07, 6.45) is 0.709. The summed E-state index contributed by atoms with van der Waals surface area (Å²) < 4.78 is 0. The van der Waals surface area contributed by atoms with Gasteiger partial charge in [-0.1, -0.05) is 55.4 Å². The van der Waals surface area contributed by atoms with Gasteiger partial charge in [0.2, 0.25) is 23.6 Å². The quantitative estimate of drug-likeness (QED) is 0.0314. The highest BCUT2D eigenvalue weighted by molar-refractivity contribution is 5.97. The third kappa shape index (κ3) is 13.2. The second kappa shape index (κ2) is 18.9. The van der Waals surface area contributed by atoms with Crippen LogP contribution in [0.15, 0.2) is 63.7 Å². The fourth-order valence-electron chi connectivity index (χ4n) is 4.53. The maximum absolute atomic E-state index is 13.7. The molecule has 0 spiro atoms. The number of carbonyl (C=O) groups excluding carboxylic acids is 4. The number of hydrogen-bond acceptors (Lipinski definition) is 8. The maximum Gasteiger partial charge on any atom is 0.243 e. The number of hydrogen-bond donors (Lipinski definition) is 10. The third-order valence-corrected chi connectivity index (χ3v) is 6.98. The third-order valence-electron chi connectivity index (χ3n) is 6.98. The molecule has 0 fully saturated rings. The van der Waals surface area contributed by atoms with Gasteiger partial charge in [0.15, 0.2) is 17.8 Å². The molecule has 0 saturated heterocycles. The molecule has 0 radical (unpaired) electrons. The number of benzene rings is 2. The van der Waals surface area contributed by atoms with E-state index < -0.39 is 41.8 Å². The number of rotatable bonds is 17. The predicted molar refractivity (Wildman–Crippen MR) is 183 cm³/mol. The van der Waals surface area contributed by atoms with Crippen molar-refractivity contribution >= 4 is 47.1 Å². The number of nitrogens with one attached hydrogen (secondary N) is 4. The van der Waals surface area contributed by atoms with Crippen molar-refractivity contribution in [3.63, 3.8) is 0 Å². The Kier molecular flexibility index (Phi) is 15.1. The van der Waals surface area contributed by atoms with Gasteiger partial charge in [-0.3, -0.25) is 24.2 Å². The van der Waals surface area contributed by atoms with E-state index in [1.165, 1.54) is 6.92 Å². The van der Waals surface area contributed by atoms with Gasteiger partial charge in [0.05, 0.1) is 5.69 Å². The standard InChI is InChI=1S/C31H46N12O5/c1-17(2)25(42-28(46)23(39-18(3)44)5-4-14-37-30(33)34)29(47)41-24(15-19-8-12-22(13-9-19)40-31(35)36)27(45)38-16-20-6-10-21(11-7-20)26(32)43-48/h6-13,17,23-25,48H,4-5,14-16H2,1-3H3,(H2,32,43)(H,38,45)(H,39,44)(H,41,47)(H,42,46)(H4,33,34,37)(H4,35,36,40)/t23-,24-,25-/m0/s1. The lowest BCUT2D eigenvalue weighted by atomic mass is 10.00. The molecular weight excluding hydrogens is 620 g/mol. The zero-order chi connectivity index (χ0) is 35.8. The molecule has 0 aliphatic carbocycles. The molecule has 4 amide bonds. The molecule has 2 aromatic carbocycles. The minimum atomic E-state index is -1.05. The van der Waals surface area contributed by atoms with Crippen LogP contribution >= 0.6 is 0 Å². The molecule has 0 aliphatic rings. The fraction of sp³-hybridized carbons (Fsp3) is 0.387. The van der Waals surface area contributed by atoms with E-state index >= 15 is 0 Å². The maximum atomic E-state index is 13.7. The van der Waals surface area contributed by atoms with Crippen LogP contribution in [0.3, 0.4) is 0 Å². The average molecular weight is 667 g/mol. The molecule has 0 bridgehead atoms. The van der Waals surface area contributed by atoms with E-state index in [1.54, 1.807) is 62.4 Å². The zero-order valence-electron chi connectivity index (χ0n) is 27.3. The van der Waals surface area contributed by atoms with Gasteiger partial charge in [0, 0.05) is 32.0 Å².